The fourth-order valence-corrected chi connectivity index (χ4v) is 3.90. The highest BCUT2D eigenvalue weighted by atomic mass is 35.5. The second kappa shape index (κ2) is 9.03. The van der Waals surface area contributed by atoms with Crippen molar-refractivity contribution in [3.05, 3.63) is 88.7 Å². The lowest BCUT2D eigenvalue weighted by Crippen LogP contribution is -2.17. The molecule has 0 aliphatic heterocycles. The number of nitrogens with one attached hydrogen (secondary N) is 1. The van der Waals surface area contributed by atoms with Gasteiger partial charge in [0, 0.05) is 10.6 Å². The van der Waals surface area contributed by atoms with E-state index in [4.69, 9.17) is 20.9 Å². The summed E-state index contributed by atoms with van der Waals surface area (Å²) in [4.78, 5) is 25.1. The van der Waals surface area contributed by atoms with Gasteiger partial charge in [-0.25, -0.2) is 9.48 Å². The second-order valence-electron chi connectivity index (χ2n) is 7.65. The molecule has 0 saturated carbocycles. The van der Waals surface area contributed by atoms with Crippen molar-refractivity contribution in [2.75, 3.05) is 12.4 Å². The quantitative estimate of drug-likeness (QED) is 0.344. The molecular formula is C25H18ClN5O4. The van der Waals surface area contributed by atoms with Crippen molar-refractivity contribution >= 4 is 40.1 Å². The van der Waals surface area contributed by atoms with E-state index in [0.717, 1.165) is 10.9 Å². The number of rotatable bonds is 5. The predicted octanol–water partition coefficient (Wildman–Crippen LogP) is 5.08. The fourth-order valence-electron chi connectivity index (χ4n) is 3.73. The van der Waals surface area contributed by atoms with Crippen LogP contribution in [0.15, 0.2) is 71.3 Å². The zero-order valence-corrected chi connectivity index (χ0v) is 19.4. The molecule has 1 amide bonds. The summed E-state index contributed by atoms with van der Waals surface area (Å²) >= 11 is 6.06. The van der Waals surface area contributed by atoms with E-state index in [1.54, 1.807) is 11.6 Å². The van der Waals surface area contributed by atoms with Crippen LogP contribution in [0.2, 0.25) is 5.02 Å². The molecular weight excluding hydrogens is 470 g/mol. The van der Waals surface area contributed by atoms with Gasteiger partial charge in [0.15, 0.2) is 11.5 Å². The van der Waals surface area contributed by atoms with Gasteiger partial charge in [0.2, 0.25) is 0 Å². The Morgan fingerprint density at radius 2 is 1.86 bits per heavy atom. The fraction of sp³-hybridized carbons (Fsp3) is 0.0800. The third kappa shape index (κ3) is 4.13. The van der Waals surface area contributed by atoms with Crippen LogP contribution in [0.5, 0.6) is 0 Å². The first-order valence-electron chi connectivity index (χ1n) is 10.5. The van der Waals surface area contributed by atoms with Crippen molar-refractivity contribution in [2.45, 2.75) is 6.92 Å². The second-order valence-corrected chi connectivity index (χ2v) is 8.09. The summed E-state index contributed by atoms with van der Waals surface area (Å²) in [5, 5.41) is 16.2. The van der Waals surface area contributed by atoms with Crippen LogP contribution < -0.4 is 5.32 Å². The van der Waals surface area contributed by atoms with Gasteiger partial charge >= 0.3 is 5.97 Å². The summed E-state index contributed by atoms with van der Waals surface area (Å²) in [5.74, 6) is -0.514. The molecule has 0 aliphatic carbocycles. The zero-order valence-electron chi connectivity index (χ0n) is 18.7. The number of methoxy groups -OCH3 is 1. The number of ether oxygens (including phenoxy) is 1. The number of benzene rings is 3. The SMILES string of the molecule is COC(=O)c1ccc(Cl)cc1NC(=O)c1nnn(-c2ccc3noc(-c4ccccc4)c3c2)c1C. The molecule has 10 heteroatoms. The van der Waals surface area contributed by atoms with E-state index >= 15 is 0 Å². The smallest absolute Gasteiger partial charge is 0.339 e. The Morgan fingerprint density at radius 3 is 2.63 bits per heavy atom. The summed E-state index contributed by atoms with van der Waals surface area (Å²) in [7, 11) is 1.26. The number of aromatic nitrogens is 4. The number of carbonyl (C=O) groups excluding carboxylic acids is 2. The van der Waals surface area contributed by atoms with E-state index in [-0.39, 0.29) is 16.9 Å². The number of hydrogen-bond donors (Lipinski definition) is 1. The molecule has 0 atom stereocenters. The number of fused-ring (bicyclic) bond motifs is 1. The average molecular weight is 488 g/mol. The highest BCUT2D eigenvalue weighted by molar-refractivity contribution is 6.31. The zero-order chi connectivity index (χ0) is 24.5. The minimum absolute atomic E-state index is 0.0921. The molecule has 2 heterocycles. The van der Waals surface area contributed by atoms with Crippen LogP contribution in [0, 0.1) is 6.92 Å². The molecule has 0 saturated heterocycles. The molecule has 0 unspecified atom stereocenters. The number of anilines is 1. The van der Waals surface area contributed by atoms with Gasteiger partial charge in [-0.2, -0.15) is 0 Å². The maximum Gasteiger partial charge on any atom is 0.339 e. The van der Waals surface area contributed by atoms with Gasteiger partial charge in [0.1, 0.15) is 5.52 Å². The molecule has 5 aromatic rings. The van der Waals surface area contributed by atoms with Gasteiger partial charge < -0.3 is 14.6 Å². The molecule has 9 nitrogen and oxygen atoms in total. The van der Waals surface area contributed by atoms with Crippen molar-refractivity contribution in [1.82, 2.24) is 20.2 Å². The van der Waals surface area contributed by atoms with Crippen molar-refractivity contribution in [1.29, 1.82) is 0 Å². The first kappa shape index (κ1) is 22.3. The monoisotopic (exact) mass is 487 g/mol. The first-order valence-corrected chi connectivity index (χ1v) is 10.9. The van der Waals surface area contributed by atoms with Crippen molar-refractivity contribution < 1.29 is 18.8 Å². The maximum absolute atomic E-state index is 13.0. The van der Waals surface area contributed by atoms with Crippen LogP contribution in [0.1, 0.15) is 26.5 Å². The van der Waals surface area contributed by atoms with Crippen LogP contribution in [0.25, 0.3) is 27.9 Å². The number of esters is 1. The molecule has 1 N–H and O–H groups in total. The third-order valence-electron chi connectivity index (χ3n) is 5.49. The van der Waals surface area contributed by atoms with E-state index in [9.17, 15) is 9.59 Å². The summed E-state index contributed by atoms with van der Waals surface area (Å²) < 4.78 is 11.9. The minimum Gasteiger partial charge on any atom is -0.465 e. The van der Waals surface area contributed by atoms with Crippen LogP contribution >= 0.6 is 11.6 Å². The third-order valence-corrected chi connectivity index (χ3v) is 5.72. The molecule has 2 aromatic heterocycles. The summed E-state index contributed by atoms with van der Waals surface area (Å²) in [6.45, 7) is 1.73. The summed E-state index contributed by atoms with van der Waals surface area (Å²) in [5.41, 5.74) is 3.24. The van der Waals surface area contributed by atoms with Crippen LogP contribution in [0.4, 0.5) is 5.69 Å². The number of nitrogens with zero attached hydrogens (tertiary/aromatic N) is 4. The molecule has 5 rings (SSSR count). The van der Waals surface area contributed by atoms with Crippen LogP contribution in [0.3, 0.4) is 0 Å². The van der Waals surface area contributed by atoms with E-state index < -0.39 is 11.9 Å². The molecule has 0 spiro atoms. The largest absolute Gasteiger partial charge is 0.465 e. The average Bonchev–Trinajstić information content (AvgIpc) is 3.47. The molecule has 0 radical (unpaired) electrons. The van der Waals surface area contributed by atoms with Crippen molar-refractivity contribution in [3.63, 3.8) is 0 Å². The Bertz CT molecular complexity index is 1580. The van der Waals surface area contributed by atoms with Gasteiger partial charge in [-0.05, 0) is 43.3 Å². The van der Waals surface area contributed by atoms with E-state index in [2.05, 4.69) is 20.8 Å². The molecule has 0 bridgehead atoms. The Kier molecular flexibility index (Phi) is 5.76. The number of halogens is 1. The van der Waals surface area contributed by atoms with E-state index in [1.807, 2.05) is 48.5 Å². The lowest BCUT2D eigenvalue weighted by Gasteiger charge is -2.10. The Morgan fingerprint density at radius 1 is 1.06 bits per heavy atom. The van der Waals surface area contributed by atoms with E-state index in [1.165, 1.54) is 25.3 Å². The van der Waals surface area contributed by atoms with Crippen LogP contribution in [-0.2, 0) is 4.74 Å². The number of hydrogen-bond acceptors (Lipinski definition) is 7. The topological polar surface area (TPSA) is 112 Å². The normalized spacial score (nSPS) is 10.9. The van der Waals surface area contributed by atoms with Crippen molar-refractivity contribution in [2.24, 2.45) is 0 Å². The summed E-state index contributed by atoms with van der Waals surface area (Å²) in [6, 6.07) is 19.6. The molecule has 35 heavy (non-hydrogen) atoms. The van der Waals surface area contributed by atoms with Gasteiger partial charge in [0.05, 0.1) is 35.1 Å². The maximum atomic E-state index is 13.0. The Hall–Kier alpha value is -4.50. The Balaban J connectivity index is 1.48. The molecule has 3 aromatic carbocycles. The highest BCUT2D eigenvalue weighted by Crippen LogP contribution is 2.30. The van der Waals surface area contributed by atoms with E-state index in [0.29, 0.717) is 27.7 Å². The molecule has 0 fully saturated rings. The van der Waals surface area contributed by atoms with Crippen LogP contribution in [-0.4, -0.2) is 39.1 Å². The molecule has 174 valence electrons. The van der Waals surface area contributed by atoms with Gasteiger partial charge in [0.25, 0.3) is 5.91 Å². The standard InChI is InChI=1S/C25H18ClN5O4/c1-14-22(24(32)27-21-12-16(26)8-10-18(21)25(33)34-2)28-30-31(14)17-9-11-20-19(13-17)23(35-29-20)15-6-4-3-5-7-15/h3-13H,1-2H3,(H,27,32). The number of amides is 1. The first-order chi connectivity index (χ1) is 17.0. The van der Waals surface area contributed by atoms with Crippen molar-refractivity contribution in [3.8, 4) is 17.0 Å². The number of carbonyl (C=O) groups is 2. The Labute approximate surface area is 204 Å². The minimum atomic E-state index is -0.603. The highest BCUT2D eigenvalue weighted by Gasteiger charge is 2.21. The lowest BCUT2D eigenvalue weighted by atomic mass is 10.1. The lowest BCUT2D eigenvalue weighted by molar-refractivity contribution is 0.0602. The molecule has 0 aliphatic rings. The summed E-state index contributed by atoms with van der Waals surface area (Å²) in [6.07, 6.45) is 0. The van der Waals surface area contributed by atoms with Gasteiger partial charge in [-0.15, -0.1) is 5.10 Å². The van der Waals surface area contributed by atoms with Gasteiger partial charge in [-0.3, -0.25) is 4.79 Å². The van der Waals surface area contributed by atoms with Gasteiger partial charge in [-0.1, -0.05) is 52.3 Å². The predicted molar refractivity (Wildman–Crippen MR) is 130 cm³/mol.